The number of ketones is 2. The summed E-state index contributed by atoms with van der Waals surface area (Å²) in [7, 11) is 0. The number of para-hydroxylation sites is 1. The molecular formula is C36H30N2O6. The fourth-order valence-corrected chi connectivity index (χ4v) is 8.35. The van der Waals surface area contributed by atoms with E-state index in [1.165, 1.54) is 6.08 Å². The fraction of sp³-hybridized carbons (Fsp3) is 0.250. The number of phenols is 1. The molecule has 4 amide bonds. The highest BCUT2D eigenvalue weighted by Crippen LogP contribution is 2.64. The quantitative estimate of drug-likeness (QED) is 0.340. The van der Waals surface area contributed by atoms with Crippen LogP contribution in [0.25, 0.3) is 5.57 Å². The SMILES string of the molecule is Cc1cccc([C@H]2C3=CC[C@@H]4C(=O)N(C(N)=O)C(=O)[C@@H]4[C@@H]3C[C@H]3C(=O)C(c4ccccc4)=CC(=O)[C@@]23c2ccccc2)c1O. The van der Waals surface area contributed by atoms with Crippen molar-refractivity contribution in [2.24, 2.45) is 29.4 Å². The number of phenolic OH excluding ortho intramolecular Hbond substituents is 1. The molecule has 6 atom stereocenters. The number of nitrogens with two attached hydrogens (primary N) is 1. The van der Waals surface area contributed by atoms with E-state index in [-0.39, 0.29) is 35.7 Å². The number of imide groups is 3. The number of hydrogen-bond donors (Lipinski definition) is 2. The third-order valence-corrected chi connectivity index (χ3v) is 10.2. The van der Waals surface area contributed by atoms with Crippen LogP contribution in [0, 0.1) is 30.6 Å². The summed E-state index contributed by atoms with van der Waals surface area (Å²) in [6.45, 7) is 1.77. The first-order valence-electron chi connectivity index (χ1n) is 14.7. The van der Waals surface area contributed by atoms with E-state index in [0.717, 1.165) is 0 Å². The van der Waals surface area contributed by atoms with Crippen molar-refractivity contribution in [3.05, 3.63) is 119 Å². The van der Waals surface area contributed by atoms with E-state index in [4.69, 9.17) is 5.73 Å². The van der Waals surface area contributed by atoms with Crippen LogP contribution in [0.5, 0.6) is 5.75 Å². The fourth-order valence-electron chi connectivity index (χ4n) is 8.35. The van der Waals surface area contributed by atoms with E-state index in [2.05, 4.69) is 0 Å². The van der Waals surface area contributed by atoms with Crippen molar-refractivity contribution in [3.8, 4) is 5.75 Å². The molecule has 0 aromatic heterocycles. The van der Waals surface area contributed by atoms with Crippen LogP contribution < -0.4 is 5.73 Å². The van der Waals surface area contributed by atoms with Gasteiger partial charge in [0.2, 0.25) is 11.8 Å². The number of carbonyl (C=O) groups is 5. The summed E-state index contributed by atoms with van der Waals surface area (Å²) in [5, 5.41) is 11.5. The molecule has 1 aliphatic heterocycles. The molecule has 3 aromatic rings. The second-order valence-corrected chi connectivity index (χ2v) is 12.2. The van der Waals surface area contributed by atoms with Crippen molar-refractivity contribution in [2.45, 2.75) is 31.1 Å². The summed E-state index contributed by atoms with van der Waals surface area (Å²) >= 11 is 0. The van der Waals surface area contributed by atoms with E-state index in [9.17, 15) is 29.1 Å². The van der Waals surface area contributed by atoms with Gasteiger partial charge in [0.1, 0.15) is 5.75 Å². The predicted molar refractivity (Wildman–Crippen MR) is 161 cm³/mol. The summed E-state index contributed by atoms with van der Waals surface area (Å²) in [6.07, 6.45) is 3.58. The molecule has 4 aliphatic rings. The molecular weight excluding hydrogens is 556 g/mol. The Bertz CT molecular complexity index is 1830. The third kappa shape index (κ3) is 3.66. The molecule has 2 fully saturated rings. The summed E-state index contributed by atoms with van der Waals surface area (Å²) < 4.78 is 0. The number of likely N-dealkylation sites (tertiary alicyclic amines) is 1. The second kappa shape index (κ2) is 9.98. The van der Waals surface area contributed by atoms with Gasteiger partial charge in [-0.2, -0.15) is 4.90 Å². The zero-order valence-electron chi connectivity index (χ0n) is 24.0. The maximum Gasteiger partial charge on any atom is 0.328 e. The molecule has 3 aromatic carbocycles. The molecule has 8 nitrogen and oxygen atoms in total. The largest absolute Gasteiger partial charge is 0.507 e. The Morgan fingerprint density at radius 1 is 0.886 bits per heavy atom. The molecule has 220 valence electrons. The topological polar surface area (TPSA) is 135 Å². The van der Waals surface area contributed by atoms with Crippen molar-refractivity contribution in [1.82, 2.24) is 4.90 Å². The lowest BCUT2D eigenvalue weighted by molar-refractivity contribution is -0.137. The van der Waals surface area contributed by atoms with Crippen molar-refractivity contribution in [3.63, 3.8) is 0 Å². The van der Waals surface area contributed by atoms with Crippen molar-refractivity contribution in [1.29, 1.82) is 0 Å². The summed E-state index contributed by atoms with van der Waals surface area (Å²) in [5.74, 6) is -5.99. The molecule has 1 saturated carbocycles. The lowest BCUT2D eigenvalue weighted by atomic mass is 9.44. The van der Waals surface area contributed by atoms with Crippen LogP contribution >= 0.6 is 0 Å². The van der Waals surface area contributed by atoms with Gasteiger partial charge in [0, 0.05) is 23.0 Å². The maximum absolute atomic E-state index is 14.9. The van der Waals surface area contributed by atoms with Gasteiger partial charge in [-0.15, -0.1) is 0 Å². The highest BCUT2D eigenvalue weighted by molar-refractivity contribution is 6.31. The minimum Gasteiger partial charge on any atom is -0.507 e. The number of nitrogens with zero attached hydrogens (tertiary/aromatic N) is 1. The van der Waals surface area contributed by atoms with Crippen molar-refractivity contribution in [2.75, 3.05) is 0 Å². The Balaban J connectivity index is 1.53. The molecule has 0 bridgehead atoms. The first-order chi connectivity index (χ1) is 21.2. The smallest absolute Gasteiger partial charge is 0.328 e. The first-order valence-corrected chi connectivity index (χ1v) is 14.7. The van der Waals surface area contributed by atoms with Gasteiger partial charge in [-0.25, -0.2) is 4.79 Å². The number of rotatable bonds is 3. The number of fused-ring (bicyclic) bond motifs is 4. The minimum atomic E-state index is -1.44. The molecule has 1 heterocycles. The molecule has 3 aliphatic carbocycles. The molecule has 8 heteroatoms. The van der Waals surface area contributed by atoms with Crippen LogP contribution in [0.3, 0.4) is 0 Å². The number of amides is 4. The number of hydrogen-bond acceptors (Lipinski definition) is 6. The summed E-state index contributed by atoms with van der Waals surface area (Å²) in [6, 6.07) is 22.4. The lowest BCUT2D eigenvalue weighted by Crippen LogP contribution is -2.58. The predicted octanol–water partition coefficient (Wildman–Crippen LogP) is 4.60. The normalized spacial score (nSPS) is 29.4. The number of aryl methyl sites for hydroxylation is 1. The summed E-state index contributed by atoms with van der Waals surface area (Å²) in [4.78, 5) is 69.3. The number of allylic oxidation sites excluding steroid dienone is 4. The number of aromatic hydroxyl groups is 1. The highest BCUT2D eigenvalue weighted by atomic mass is 16.3. The van der Waals surface area contributed by atoms with E-state index in [1.807, 2.05) is 42.5 Å². The number of urea groups is 1. The van der Waals surface area contributed by atoms with Gasteiger partial charge in [0.05, 0.1) is 17.3 Å². The van der Waals surface area contributed by atoms with Gasteiger partial charge in [0.25, 0.3) is 0 Å². The Labute approximate surface area is 253 Å². The minimum absolute atomic E-state index is 0.000835. The van der Waals surface area contributed by atoms with Crippen molar-refractivity contribution >= 4 is 35.0 Å². The Hall–Kier alpha value is -5.11. The van der Waals surface area contributed by atoms with Crippen LogP contribution in [0.4, 0.5) is 4.79 Å². The van der Waals surface area contributed by atoms with Crippen LogP contribution in [-0.4, -0.2) is 39.4 Å². The molecule has 0 spiro atoms. The van der Waals surface area contributed by atoms with Crippen LogP contribution in [0.2, 0.25) is 0 Å². The molecule has 1 saturated heterocycles. The second-order valence-electron chi connectivity index (χ2n) is 12.2. The zero-order valence-corrected chi connectivity index (χ0v) is 24.0. The third-order valence-electron chi connectivity index (χ3n) is 10.2. The van der Waals surface area contributed by atoms with Gasteiger partial charge in [-0.3, -0.25) is 19.2 Å². The Morgan fingerprint density at radius 2 is 1.57 bits per heavy atom. The highest BCUT2D eigenvalue weighted by Gasteiger charge is 2.66. The monoisotopic (exact) mass is 586 g/mol. The molecule has 0 radical (unpaired) electrons. The number of Topliss-reactive ketones (excluding diaryl/α,β-unsaturated/α-hetero) is 1. The number of carbonyl (C=O) groups excluding carboxylic acids is 5. The van der Waals surface area contributed by atoms with Gasteiger partial charge in [-0.05, 0) is 48.4 Å². The van der Waals surface area contributed by atoms with E-state index < -0.39 is 52.8 Å². The van der Waals surface area contributed by atoms with E-state index >= 15 is 0 Å². The lowest BCUT2D eigenvalue weighted by Gasteiger charge is -2.55. The Morgan fingerprint density at radius 3 is 2.25 bits per heavy atom. The maximum atomic E-state index is 14.9. The van der Waals surface area contributed by atoms with Crippen LogP contribution in [-0.2, 0) is 24.6 Å². The average molecular weight is 587 g/mol. The van der Waals surface area contributed by atoms with Gasteiger partial charge >= 0.3 is 6.03 Å². The molecule has 0 unspecified atom stereocenters. The molecule has 44 heavy (non-hydrogen) atoms. The summed E-state index contributed by atoms with van der Waals surface area (Å²) in [5.41, 5.74) is 7.33. The van der Waals surface area contributed by atoms with Crippen LogP contribution in [0.1, 0.15) is 41.0 Å². The van der Waals surface area contributed by atoms with Gasteiger partial charge < -0.3 is 10.8 Å². The Kier molecular flexibility index (Phi) is 6.28. The van der Waals surface area contributed by atoms with Gasteiger partial charge in [0.15, 0.2) is 11.6 Å². The van der Waals surface area contributed by atoms with Crippen LogP contribution in [0.15, 0.2) is 96.6 Å². The molecule has 3 N–H and O–H groups in total. The molecule has 7 rings (SSSR count). The number of primary amides is 1. The van der Waals surface area contributed by atoms with Gasteiger partial charge in [-0.1, -0.05) is 90.5 Å². The average Bonchev–Trinajstić information content (AvgIpc) is 3.29. The van der Waals surface area contributed by atoms with E-state index in [1.54, 1.807) is 49.4 Å². The zero-order chi connectivity index (χ0) is 30.9. The standard InChI is InChI=1S/C36H30N2O6/c1-19-9-8-14-24(31(19)40)30-22-15-16-23-29(34(43)38(33(23)42)35(37)44)26(22)17-27-32(41)25(20-10-4-2-5-11-20)18-28(39)36(27,30)21-12-6-3-7-13-21/h2-15,18,23,26-27,29-30,40H,16-17H2,1H3,(H2,37,44)/t23-,26+,27-,29-,30+,36-/m0/s1. The van der Waals surface area contributed by atoms with E-state index in [0.29, 0.717) is 32.7 Å². The number of benzene rings is 3. The van der Waals surface area contributed by atoms with Crippen molar-refractivity contribution < 1.29 is 29.1 Å². The first kappa shape index (κ1) is 27.7.